The van der Waals surface area contributed by atoms with E-state index in [1.165, 1.54) is 23.8 Å². The van der Waals surface area contributed by atoms with Gasteiger partial charge in [-0.25, -0.2) is 8.78 Å². The van der Waals surface area contributed by atoms with Crippen LogP contribution in [0.4, 0.5) is 8.78 Å². The Morgan fingerprint density at radius 1 is 0.955 bits per heavy atom. The molecule has 0 spiro atoms. The van der Waals surface area contributed by atoms with Crippen molar-refractivity contribution in [1.29, 1.82) is 0 Å². The maximum atomic E-state index is 13.4. The lowest BCUT2D eigenvalue weighted by molar-refractivity contribution is 0.555. The van der Waals surface area contributed by atoms with Gasteiger partial charge in [0.25, 0.3) is 0 Å². The van der Waals surface area contributed by atoms with Crippen molar-refractivity contribution in [1.82, 2.24) is 5.32 Å². The van der Waals surface area contributed by atoms with Gasteiger partial charge in [0.2, 0.25) is 0 Å². The number of hydrogen-bond donors (Lipinski definition) is 2. The lowest BCUT2D eigenvalue weighted by atomic mass is 10.1. The molecular weight excluding hydrogens is 284 g/mol. The first-order valence-electron chi connectivity index (χ1n) is 7.17. The predicted octanol–water partition coefficient (Wildman–Crippen LogP) is 2.65. The number of nitrogens with zero attached hydrogens (tertiary/aromatic N) is 1. The molecule has 0 aliphatic heterocycles. The van der Waals surface area contributed by atoms with Crippen molar-refractivity contribution < 1.29 is 8.78 Å². The van der Waals surface area contributed by atoms with E-state index in [-0.39, 0.29) is 24.5 Å². The fourth-order valence-corrected chi connectivity index (χ4v) is 2.09. The van der Waals surface area contributed by atoms with E-state index in [4.69, 9.17) is 5.73 Å². The maximum absolute atomic E-state index is 13.4. The van der Waals surface area contributed by atoms with Crippen LogP contribution in [0.1, 0.15) is 11.1 Å². The molecule has 2 rings (SSSR count). The van der Waals surface area contributed by atoms with Gasteiger partial charge in [-0.1, -0.05) is 36.4 Å². The molecule has 0 saturated carbocycles. The fourth-order valence-electron chi connectivity index (χ4n) is 2.09. The van der Waals surface area contributed by atoms with Crippen molar-refractivity contribution in [2.24, 2.45) is 10.7 Å². The zero-order valence-electron chi connectivity index (χ0n) is 12.2. The molecule has 0 atom stereocenters. The van der Waals surface area contributed by atoms with Crippen LogP contribution in [0, 0.1) is 11.6 Å². The third-order valence-corrected chi connectivity index (χ3v) is 3.27. The number of hydrogen-bond acceptors (Lipinski definition) is 1. The molecule has 116 valence electrons. The molecule has 0 aliphatic carbocycles. The zero-order chi connectivity index (χ0) is 15.8. The molecule has 0 saturated heterocycles. The minimum atomic E-state index is -0.550. The number of aliphatic imine (C=N–C) groups is 1. The zero-order valence-corrected chi connectivity index (χ0v) is 12.2. The molecule has 0 unspecified atom stereocenters. The van der Waals surface area contributed by atoms with Crippen LogP contribution in [0.5, 0.6) is 0 Å². The second-order valence-electron chi connectivity index (χ2n) is 4.88. The van der Waals surface area contributed by atoms with Crippen molar-refractivity contribution in [3.63, 3.8) is 0 Å². The predicted molar refractivity (Wildman–Crippen MR) is 84.7 cm³/mol. The van der Waals surface area contributed by atoms with Crippen molar-refractivity contribution in [2.45, 2.75) is 12.8 Å². The monoisotopic (exact) mass is 303 g/mol. The summed E-state index contributed by atoms with van der Waals surface area (Å²) in [6.45, 7) is 0.898. The third-order valence-electron chi connectivity index (χ3n) is 3.27. The average molecular weight is 303 g/mol. The van der Waals surface area contributed by atoms with E-state index >= 15 is 0 Å². The molecule has 2 aromatic rings. The average Bonchev–Trinajstić information content (AvgIpc) is 2.51. The first-order valence-corrected chi connectivity index (χ1v) is 7.17. The summed E-state index contributed by atoms with van der Waals surface area (Å²) in [5.41, 5.74) is 6.98. The number of guanidine groups is 1. The van der Waals surface area contributed by atoms with Crippen LogP contribution < -0.4 is 11.1 Å². The van der Waals surface area contributed by atoms with Crippen molar-refractivity contribution in [3.05, 3.63) is 71.3 Å². The van der Waals surface area contributed by atoms with Gasteiger partial charge in [-0.05, 0) is 30.5 Å². The number of nitrogens with one attached hydrogen (secondary N) is 1. The van der Waals surface area contributed by atoms with E-state index in [1.807, 2.05) is 30.3 Å². The number of rotatable bonds is 6. The van der Waals surface area contributed by atoms with Gasteiger partial charge in [-0.15, -0.1) is 0 Å². The molecule has 0 heterocycles. The van der Waals surface area contributed by atoms with Crippen molar-refractivity contribution >= 4 is 5.96 Å². The number of nitrogens with two attached hydrogens (primary N) is 1. The van der Waals surface area contributed by atoms with Crippen molar-refractivity contribution in [3.8, 4) is 0 Å². The van der Waals surface area contributed by atoms with Crippen LogP contribution in [0.15, 0.2) is 53.5 Å². The highest BCUT2D eigenvalue weighted by Crippen LogP contribution is 2.12. The lowest BCUT2D eigenvalue weighted by Crippen LogP contribution is -2.33. The van der Waals surface area contributed by atoms with E-state index < -0.39 is 11.6 Å². The maximum Gasteiger partial charge on any atom is 0.188 e. The molecule has 22 heavy (non-hydrogen) atoms. The van der Waals surface area contributed by atoms with E-state index in [9.17, 15) is 8.78 Å². The first-order chi connectivity index (χ1) is 10.7. The molecule has 0 bridgehead atoms. The van der Waals surface area contributed by atoms with Crippen LogP contribution >= 0.6 is 0 Å². The Labute approximate surface area is 128 Å². The normalized spacial score (nSPS) is 11.5. The molecule has 0 amide bonds. The Morgan fingerprint density at radius 3 is 2.32 bits per heavy atom. The van der Waals surface area contributed by atoms with Gasteiger partial charge in [0.15, 0.2) is 5.96 Å². The molecule has 3 nitrogen and oxygen atoms in total. The molecule has 0 radical (unpaired) electrons. The third kappa shape index (κ3) is 4.84. The Hall–Kier alpha value is -2.43. The summed E-state index contributed by atoms with van der Waals surface area (Å²) in [5, 5.41) is 2.99. The first kappa shape index (κ1) is 15.9. The standard InChI is InChI=1S/C17H19F2N3/c18-15-7-4-8-16(19)14(15)10-12-22-17(20)21-11-9-13-5-2-1-3-6-13/h1-8H,9-12H2,(H3,20,21,22). The summed E-state index contributed by atoms with van der Waals surface area (Å²) in [4.78, 5) is 4.08. The Morgan fingerprint density at radius 2 is 1.64 bits per heavy atom. The van der Waals surface area contributed by atoms with Crippen LogP contribution in [0.25, 0.3) is 0 Å². The van der Waals surface area contributed by atoms with Crippen LogP contribution in [-0.2, 0) is 12.8 Å². The largest absolute Gasteiger partial charge is 0.370 e. The van der Waals surface area contributed by atoms with Gasteiger partial charge in [-0.2, -0.15) is 0 Å². The minimum Gasteiger partial charge on any atom is -0.370 e. The highest BCUT2D eigenvalue weighted by molar-refractivity contribution is 5.77. The second-order valence-corrected chi connectivity index (χ2v) is 4.88. The molecule has 3 N–H and O–H groups in total. The highest BCUT2D eigenvalue weighted by Gasteiger charge is 2.07. The summed E-state index contributed by atoms with van der Waals surface area (Å²) >= 11 is 0. The number of halogens is 2. The smallest absolute Gasteiger partial charge is 0.188 e. The van der Waals surface area contributed by atoms with Gasteiger partial charge in [0.05, 0.1) is 0 Å². The molecule has 2 aromatic carbocycles. The van der Waals surface area contributed by atoms with Crippen LogP contribution in [0.3, 0.4) is 0 Å². The Kier molecular flexibility index (Phi) is 5.89. The number of benzene rings is 2. The summed E-state index contributed by atoms with van der Waals surface area (Å²) < 4.78 is 26.9. The van der Waals surface area contributed by atoms with Gasteiger partial charge < -0.3 is 11.1 Å². The summed E-state index contributed by atoms with van der Waals surface area (Å²) in [6.07, 6.45) is 1.01. The van der Waals surface area contributed by atoms with Gasteiger partial charge in [-0.3, -0.25) is 4.99 Å². The van der Waals surface area contributed by atoms with Gasteiger partial charge in [0.1, 0.15) is 11.6 Å². The van der Waals surface area contributed by atoms with Crippen molar-refractivity contribution in [2.75, 3.05) is 13.1 Å². The molecule has 0 aromatic heterocycles. The quantitative estimate of drug-likeness (QED) is 0.637. The molecular formula is C17H19F2N3. The van der Waals surface area contributed by atoms with E-state index in [0.29, 0.717) is 6.54 Å². The summed E-state index contributed by atoms with van der Waals surface area (Å²) in [7, 11) is 0. The van der Waals surface area contributed by atoms with E-state index in [0.717, 1.165) is 6.42 Å². The SMILES string of the molecule is NC(=NCCc1c(F)cccc1F)NCCc1ccccc1. The molecule has 0 fully saturated rings. The highest BCUT2D eigenvalue weighted by atomic mass is 19.1. The minimum absolute atomic E-state index is 0.0448. The van der Waals surface area contributed by atoms with E-state index in [1.54, 1.807) is 0 Å². The molecule has 5 heteroatoms. The fraction of sp³-hybridized carbons (Fsp3) is 0.235. The lowest BCUT2D eigenvalue weighted by Gasteiger charge is -2.06. The second kappa shape index (κ2) is 8.12. The summed E-state index contributed by atoms with van der Waals surface area (Å²) in [6, 6.07) is 13.8. The van der Waals surface area contributed by atoms with Crippen LogP contribution in [0.2, 0.25) is 0 Å². The molecule has 0 aliphatic rings. The Balaban J connectivity index is 1.76. The Bertz CT molecular complexity index is 607. The topological polar surface area (TPSA) is 50.4 Å². The summed E-state index contributed by atoms with van der Waals surface area (Å²) in [5.74, 6) is -0.815. The van der Waals surface area contributed by atoms with Crippen LogP contribution in [-0.4, -0.2) is 19.0 Å². The van der Waals surface area contributed by atoms with E-state index in [2.05, 4.69) is 10.3 Å². The van der Waals surface area contributed by atoms with Gasteiger partial charge >= 0.3 is 0 Å². The van der Waals surface area contributed by atoms with Gasteiger partial charge in [0, 0.05) is 18.7 Å².